The number of amides is 2. The second-order valence-corrected chi connectivity index (χ2v) is 12.3. The van der Waals surface area contributed by atoms with E-state index in [0.717, 1.165) is 32.8 Å². The molecule has 1 aliphatic heterocycles. The van der Waals surface area contributed by atoms with E-state index >= 15 is 0 Å². The van der Waals surface area contributed by atoms with Gasteiger partial charge in [0.2, 0.25) is 26.8 Å². The van der Waals surface area contributed by atoms with Crippen molar-refractivity contribution in [1.29, 1.82) is 0 Å². The lowest BCUT2D eigenvalue weighted by atomic mass is 10.1. The molecule has 42 heavy (non-hydrogen) atoms. The van der Waals surface area contributed by atoms with Crippen LogP contribution in [-0.4, -0.2) is 71.1 Å². The summed E-state index contributed by atoms with van der Waals surface area (Å²) in [6.45, 7) is 2.72. The number of benzene rings is 1. The first-order valence-corrected chi connectivity index (χ1v) is 15.2. The molecule has 1 aromatic carbocycles. The first kappa shape index (κ1) is 29.2. The zero-order valence-corrected chi connectivity index (χ0v) is 24.4. The molecule has 222 valence electrons. The summed E-state index contributed by atoms with van der Waals surface area (Å²) < 4.78 is 33.4. The molecule has 1 atom stereocenters. The number of imidazole rings is 1. The van der Waals surface area contributed by atoms with Crippen LogP contribution in [0, 0.1) is 17.8 Å². The van der Waals surface area contributed by atoms with Crippen LogP contribution >= 0.6 is 0 Å². The number of hydrogen-bond donors (Lipinski definition) is 2. The van der Waals surface area contributed by atoms with E-state index in [2.05, 4.69) is 27.5 Å². The highest BCUT2D eigenvalue weighted by Crippen LogP contribution is 2.31. The van der Waals surface area contributed by atoms with E-state index in [0.29, 0.717) is 36.6 Å². The van der Waals surface area contributed by atoms with Crippen LogP contribution in [0.2, 0.25) is 0 Å². The van der Waals surface area contributed by atoms with Crippen molar-refractivity contribution in [3.8, 4) is 11.8 Å². The van der Waals surface area contributed by atoms with E-state index in [9.17, 15) is 27.6 Å². The number of fused-ring (bicyclic) bond motifs is 1. The topological polar surface area (TPSA) is 167 Å². The minimum atomic E-state index is -3.79. The number of nitrogens with one attached hydrogen (secondary N) is 2. The number of sulfone groups is 1. The number of morpholine rings is 1. The molecular weight excluding hydrogens is 566 g/mol. The fraction of sp³-hybridized carbons (Fsp3) is 0.444. The average molecular weight is 598 g/mol. The van der Waals surface area contributed by atoms with Crippen molar-refractivity contribution in [2.45, 2.75) is 37.7 Å². The second-order valence-electron chi connectivity index (χ2n) is 10.4. The Bertz CT molecular complexity index is 1890. The SMILES string of the molecule is CC(=O)N(c1cc(C#CCn2c(=O)n(C)c(=O)c3c2nc(S(C)(=O)=O)n3C)cc(NC(=O)C2CC2)c1)C1CNCCO1. The lowest BCUT2D eigenvalue weighted by Gasteiger charge is -2.34. The summed E-state index contributed by atoms with van der Waals surface area (Å²) >= 11 is 0. The Kier molecular flexibility index (Phi) is 7.80. The normalized spacial score (nSPS) is 17.0. The van der Waals surface area contributed by atoms with Crippen LogP contribution in [0.25, 0.3) is 11.2 Å². The summed E-state index contributed by atoms with van der Waals surface area (Å²) in [6.07, 6.45) is 2.04. The van der Waals surface area contributed by atoms with Crippen molar-refractivity contribution in [2.24, 2.45) is 20.0 Å². The predicted molar refractivity (Wildman–Crippen MR) is 154 cm³/mol. The Labute approximate surface area is 241 Å². The van der Waals surface area contributed by atoms with E-state index in [1.54, 1.807) is 18.2 Å². The van der Waals surface area contributed by atoms with Crippen molar-refractivity contribution >= 4 is 44.2 Å². The van der Waals surface area contributed by atoms with Crippen LogP contribution in [0.1, 0.15) is 25.3 Å². The number of carbonyl (C=O) groups excluding carboxylic acids is 2. The van der Waals surface area contributed by atoms with Gasteiger partial charge in [-0.05, 0) is 31.0 Å². The summed E-state index contributed by atoms with van der Waals surface area (Å²) in [6, 6.07) is 5.03. The maximum Gasteiger partial charge on any atom is 0.333 e. The number of aromatic nitrogens is 4. The smallest absolute Gasteiger partial charge is 0.333 e. The van der Waals surface area contributed by atoms with Crippen LogP contribution in [0.15, 0.2) is 32.9 Å². The molecule has 1 saturated carbocycles. The Balaban J connectivity index is 1.56. The van der Waals surface area contributed by atoms with Crippen LogP contribution in [0.5, 0.6) is 0 Å². The van der Waals surface area contributed by atoms with Gasteiger partial charge in [-0.25, -0.2) is 13.2 Å². The summed E-state index contributed by atoms with van der Waals surface area (Å²) in [5.41, 5.74) is -0.181. The molecule has 0 bridgehead atoms. The zero-order valence-electron chi connectivity index (χ0n) is 23.6. The van der Waals surface area contributed by atoms with Crippen LogP contribution < -0.4 is 26.8 Å². The van der Waals surface area contributed by atoms with E-state index in [1.165, 1.54) is 25.9 Å². The van der Waals surface area contributed by atoms with E-state index in [1.807, 2.05) is 0 Å². The Morgan fingerprint density at radius 3 is 2.55 bits per heavy atom. The molecule has 2 aromatic heterocycles. The van der Waals surface area contributed by atoms with Gasteiger partial charge in [0.25, 0.3) is 5.56 Å². The molecule has 2 aliphatic rings. The van der Waals surface area contributed by atoms with Gasteiger partial charge in [0.05, 0.1) is 13.2 Å². The Morgan fingerprint density at radius 2 is 1.93 bits per heavy atom. The monoisotopic (exact) mass is 597 g/mol. The first-order valence-electron chi connectivity index (χ1n) is 13.3. The maximum absolute atomic E-state index is 13.0. The third-order valence-corrected chi connectivity index (χ3v) is 8.09. The van der Waals surface area contributed by atoms with Gasteiger partial charge in [-0.2, -0.15) is 4.98 Å². The second kappa shape index (κ2) is 11.2. The highest BCUT2D eigenvalue weighted by molar-refractivity contribution is 7.90. The van der Waals surface area contributed by atoms with Crippen LogP contribution in [0.4, 0.5) is 11.4 Å². The summed E-state index contributed by atoms with van der Waals surface area (Å²) in [7, 11) is -1.11. The Morgan fingerprint density at radius 1 is 1.19 bits per heavy atom. The van der Waals surface area contributed by atoms with E-state index in [-0.39, 0.29) is 40.6 Å². The number of rotatable bonds is 6. The van der Waals surface area contributed by atoms with Gasteiger partial charge in [0.1, 0.15) is 6.23 Å². The summed E-state index contributed by atoms with van der Waals surface area (Å²) in [4.78, 5) is 56.6. The van der Waals surface area contributed by atoms with Crippen molar-refractivity contribution in [3.63, 3.8) is 0 Å². The van der Waals surface area contributed by atoms with Crippen molar-refractivity contribution in [2.75, 3.05) is 36.2 Å². The molecule has 2 fully saturated rings. The highest BCUT2D eigenvalue weighted by atomic mass is 32.2. The first-order chi connectivity index (χ1) is 19.9. The van der Waals surface area contributed by atoms with Crippen molar-refractivity contribution in [3.05, 3.63) is 44.6 Å². The van der Waals surface area contributed by atoms with Gasteiger partial charge in [0.15, 0.2) is 11.2 Å². The molecule has 1 unspecified atom stereocenters. The summed E-state index contributed by atoms with van der Waals surface area (Å²) in [5, 5.41) is 5.74. The number of aryl methyl sites for hydroxylation is 1. The minimum Gasteiger partial charge on any atom is -0.355 e. The van der Waals surface area contributed by atoms with Gasteiger partial charge < -0.3 is 19.9 Å². The average Bonchev–Trinajstić information content (AvgIpc) is 3.72. The Hall–Kier alpha value is -4.26. The lowest BCUT2D eigenvalue weighted by Crippen LogP contribution is -2.51. The molecule has 15 heteroatoms. The molecule has 1 aliphatic carbocycles. The minimum absolute atomic E-state index is 0.0489. The zero-order chi connectivity index (χ0) is 30.3. The lowest BCUT2D eigenvalue weighted by molar-refractivity contribution is -0.120. The van der Waals surface area contributed by atoms with E-state index < -0.39 is 27.3 Å². The number of hydrogen-bond acceptors (Lipinski definition) is 9. The third-order valence-electron chi connectivity index (χ3n) is 7.06. The molecule has 2 N–H and O–H groups in total. The van der Waals surface area contributed by atoms with Crippen LogP contribution in [0.3, 0.4) is 0 Å². The maximum atomic E-state index is 13.0. The largest absolute Gasteiger partial charge is 0.355 e. The summed E-state index contributed by atoms with van der Waals surface area (Å²) in [5.74, 6) is 5.44. The van der Waals surface area contributed by atoms with Gasteiger partial charge >= 0.3 is 5.69 Å². The quantitative estimate of drug-likeness (QED) is 0.357. The molecule has 2 amide bonds. The molecule has 5 rings (SSSR count). The van der Waals surface area contributed by atoms with Crippen LogP contribution in [-0.2, 0) is 44.8 Å². The molecule has 3 heterocycles. The number of ether oxygens (including phenoxy) is 1. The molecule has 0 radical (unpaired) electrons. The van der Waals surface area contributed by atoms with E-state index in [4.69, 9.17) is 4.74 Å². The fourth-order valence-electron chi connectivity index (χ4n) is 4.86. The highest BCUT2D eigenvalue weighted by Gasteiger charge is 2.30. The van der Waals surface area contributed by atoms with Gasteiger partial charge in [-0.1, -0.05) is 11.8 Å². The molecule has 0 spiro atoms. The standard InChI is InChI=1S/C27H31N7O7S/c1-16(35)34(21-15-28-9-11-41-21)20-13-17(12-19(14-20)29-24(36)18-7-8-18)6-5-10-33-23-22(25(37)32(3)27(33)38)31(2)26(30-23)42(4,39)40/h12-14,18,21,28H,7-11,15H2,1-4H3,(H,29,36). The molecular formula is C27H31N7O7S. The van der Waals surface area contributed by atoms with Crippen molar-refractivity contribution < 1.29 is 22.7 Å². The molecule has 1 saturated heterocycles. The molecule has 14 nitrogen and oxygen atoms in total. The van der Waals surface area contributed by atoms with Gasteiger partial charge in [-0.15, -0.1) is 0 Å². The van der Waals surface area contributed by atoms with Gasteiger partial charge in [-0.3, -0.25) is 28.4 Å². The number of carbonyl (C=O) groups is 2. The number of anilines is 2. The predicted octanol–water partition coefficient (Wildman–Crippen LogP) is -0.464. The third kappa shape index (κ3) is 5.73. The fourth-order valence-corrected chi connectivity index (χ4v) is 5.70. The van der Waals surface area contributed by atoms with Crippen molar-refractivity contribution in [1.82, 2.24) is 24.0 Å². The van der Waals surface area contributed by atoms with Gasteiger partial charge in [0, 0.05) is 63.2 Å². The number of nitrogens with zero attached hydrogens (tertiary/aromatic N) is 5. The molecule has 3 aromatic rings.